The standard InChI is InChI=1S/C11H11ClN4/c1-2-4-8-7-9(12)16-11(15-8)10-13-5-3-6-14-10/h3,5-7H,2,4H2,1H3. The van der Waals surface area contributed by atoms with Crippen LogP contribution in [0.2, 0.25) is 5.15 Å². The van der Waals surface area contributed by atoms with Crippen molar-refractivity contribution in [2.45, 2.75) is 19.8 Å². The summed E-state index contributed by atoms with van der Waals surface area (Å²) in [5.74, 6) is 0.985. The van der Waals surface area contributed by atoms with Crippen molar-refractivity contribution < 1.29 is 0 Å². The predicted molar refractivity (Wildman–Crippen MR) is 62.1 cm³/mol. The second-order valence-corrected chi connectivity index (χ2v) is 3.72. The molecule has 0 amide bonds. The van der Waals surface area contributed by atoms with E-state index in [-0.39, 0.29) is 0 Å². The fraction of sp³-hybridized carbons (Fsp3) is 0.273. The van der Waals surface area contributed by atoms with E-state index in [9.17, 15) is 0 Å². The number of hydrogen-bond donors (Lipinski definition) is 0. The van der Waals surface area contributed by atoms with Crippen LogP contribution in [-0.4, -0.2) is 19.9 Å². The lowest BCUT2D eigenvalue weighted by molar-refractivity contribution is 0.871. The smallest absolute Gasteiger partial charge is 0.199 e. The minimum Gasteiger partial charge on any atom is -0.234 e. The molecular weight excluding hydrogens is 224 g/mol. The van der Waals surface area contributed by atoms with E-state index in [1.807, 2.05) is 0 Å². The van der Waals surface area contributed by atoms with Gasteiger partial charge in [0.25, 0.3) is 0 Å². The van der Waals surface area contributed by atoms with E-state index < -0.39 is 0 Å². The zero-order chi connectivity index (χ0) is 11.4. The fourth-order valence-electron chi connectivity index (χ4n) is 1.36. The van der Waals surface area contributed by atoms with Gasteiger partial charge in [0.15, 0.2) is 11.6 Å². The minimum atomic E-state index is 0.431. The first-order valence-corrected chi connectivity index (χ1v) is 5.48. The van der Waals surface area contributed by atoms with E-state index in [0.29, 0.717) is 16.8 Å². The average molecular weight is 235 g/mol. The summed E-state index contributed by atoms with van der Waals surface area (Å²) >= 11 is 5.93. The third-order valence-corrected chi connectivity index (χ3v) is 2.21. The molecule has 0 aliphatic heterocycles. The molecule has 0 aliphatic carbocycles. The van der Waals surface area contributed by atoms with Crippen LogP contribution in [0, 0.1) is 0 Å². The highest BCUT2D eigenvalue weighted by atomic mass is 35.5. The topological polar surface area (TPSA) is 51.6 Å². The summed E-state index contributed by atoms with van der Waals surface area (Å²) in [6.45, 7) is 2.09. The molecule has 4 nitrogen and oxygen atoms in total. The van der Waals surface area contributed by atoms with E-state index in [0.717, 1.165) is 18.5 Å². The molecule has 0 spiro atoms. The molecule has 0 fully saturated rings. The Labute approximate surface area is 98.8 Å². The van der Waals surface area contributed by atoms with Crippen LogP contribution < -0.4 is 0 Å². The third-order valence-electron chi connectivity index (χ3n) is 2.02. The first-order chi connectivity index (χ1) is 7.79. The van der Waals surface area contributed by atoms with Crippen LogP contribution in [0.15, 0.2) is 24.5 Å². The maximum atomic E-state index is 5.93. The molecule has 0 radical (unpaired) electrons. The lowest BCUT2D eigenvalue weighted by atomic mass is 10.2. The Balaban J connectivity index is 2.41. The Morgan fingerprint density at radius 2 is 1.88 bits per heavy atom. The quantitative estimate of drug-likeness (QED) is 0.766. The summed E-state index contributed by atoms with van der Waals surface area (Å²) in [6, 6.07) is 3.53. The summed E-state index contributed by atoms with van der Waals surface area (Å²) in [5, 5.41) is 0.431. The van der Waals surface area contributed by atoms with Crippen molar-refractivity contribution in [1.29, 1.82) is 0 Å². The van der Waals surface area contributed by atoms with E-state index in [1.54, 1.807) is 24.5 Å². The zero-order valence-corrected chi connectivity index (χ0v) is 9.65. The lowest BCUT2D eigenvalue weighted by Gasteiger charge is -2.02. The van der Waals surface area contributed by atoms with E-state index in [4.69, 9.17) is 11.6 Å². The molecule has 0 atom stereocenters. The Bertz CT molecular complexity index is 473. The van der Waals surface area contributed by atoms with Crippen LogP contribution in [0.25, 0.3) is 11.6 Å². The highest BCUT2D eigenvalue weighted by molar-refractivity contribution is 6.29. The molecule has 2 aromatic rings. The Morgan fingerprint density at radius 1 is 1.12 bits per heavy atom. The van der Waals surface area contributed by atoms with Gasteiger partial charge in [0.05, 0.1) is 0 Å². The highest BCUT2D eigenvalue weighted by Crippen LogP contribution is 2.14. The molecule has 0 aromatic carbocycles. The molecule has 0 saturated heterocycles. The second-order valence-electron chi connectivity index (χ2n) is 3.33. The van der Waals surface area contributed by atoms with E-state index in [2.05, 4.69) is 26.9 Å². The van der Waals surface area contributed by atoms with Crippen LogP contribution in [-0.2, 0) is 6.42 Å². The number of nitrogens with zero attached hydrogens (tertiary/aromatic N) is 4. The van der Waals surface area contributed by atoms with Crippen molar-refractivity contribution in [1.82, 2.24) is 19.9 Å². The molecule has 0 unspecified atom stereocenters. The largest absolute Gasteiger partial charge is 0.234 e. The number of aryl methyl sites for hydroxylation is 1. The lowest BCUT2D eigenvalue weighted by Crippen LogP contribution is -1.98. The van der Waals surface area contributed by atoms with Gasteiger partial charge in [0.1, 0.15) is 5.15 Å². The van der Waals surface area contributed by atoms with Gasteiger partial charge in [-0.25, -0.2) is 19.9 Å². The van der Waals surface area contributed by atoms with E-state index >= 15 is 0 Å². The molecule has 2 aromatic heterocycles. The molecule has 0 bridgehead atoms. The number of rotatable bonds is 3. The summed E-state index contributed by atoms with van der Waals surface area (Å²) in [4.78, 5) is 16.7. The molecule has 0 aliphatic rings. The summed E-state index contributed by atoms with van der Waals surface area (Å²) in [6.07, 6.45) is 5.21. The van der Waals surface area contributed by atoms with Gasteiger partial charge in [-0.3, -0.25) is 0 Å². The molecular formula is C11H11ClN4. The molecule has 2 heterocycles. The van der Waals surface area contributed by atoms with Gasteiger partial charge in [-0.05, 0) is 18.6 Å². The molecule has 5 heteroatoms. The number of hydrogen-bond acceptors (Lipinski definition) is 4. The maximum absolute atomic E-state index is 5.93. The minimum absolute atomic E-state index is 0.431. The first-order valence-electron chi connectivity index (χ1n) is 5.10. The van der Waals surface area contributed by atoms with Crippen molar-refractivity contribution >= 4 is 11.6 Å². The molecule has 16 heavy (non-hydrogen) atoms. The van der Waals surface area contributed by atoms with Crippen LogP contribution in [0.3, 0.4) is 0 Å². The van der Waals surface area contributed by atoms with Crippen molar-refractivity contribution in [2.75, 3.05) is 0 Å². The molecule has 0 N–H and O–H groups in total. The Hall–Kier alpha value is -1.55. The Morgan fingerprint density at radius 3 is 2.56 bits per heavy atom. The van der Waals surface area contributed by atoms with Crippen molar-refractivity contribution in [2.24, 2.45) is 0 Å². The van der Waals surface area contributed by atoms with Gasteiger partial charge in [-0.1, -0.05) is 24.9 Å². The van der Waals surface area contributed by atoms with Gasteiger partial charge < -0.3 is 0 Å². The average Bonchev–Trinajstić information content (AvgIpc) is 2.30. The number of halogens is 1. The predicted octanol–water partition coefficient (Wildman–Crippen LogP) is 2.54. The highest BCUT2D eigenvalue weighted by Gasteiger charge is 2.07. The van der Waals surface area contributed by atoms with Crippen molar-refractivity contribution in [3.63, 3.8) is 0 Å². The second kappa shape index (κ2) is 4.99. The first kappa shape index (κ1) is 11.0. The van der Waals surface area contributed by atoms with Gasteiger partial charge >= 0.3 is 0 Å². The SMILES string of the molecule is CCCc1cc(Cl)nc(-c2ncccn2)n1. The monoisotopic (exact) mass is 234 g/mol. The van der Waals surface area contributed by atoms with Gasteiger partial charge in [0.2, 0.25) is 0 Å². The number of aromatic nitrogens is 4. The van der Waals surface area contributed by atoms with Gasteiger partial charge in [-0.2, -0.15) is 0 Å². The van der Waals surface area contributed by atoms with Crippen LogP contribution >= 0.6 is 11.6 Å². The maximum Gasteiger partial charge on any atom is 0.199 e. The third kappa shape index (κ3) is 2.52. The van der Waals surface area contributed by atoms with Crippen molar-refractivity contribution in [3.05, 3.63) is 35.4 Å². The summed E-state index contributed by atoms with van der Waals surface area (Å²) < 4.78 is 0. The van der Waals surface area contributed by atoms with E-state index in [1.165, 1.54) is 0 Å². The Kier molecular flexibility index (Phi) is 3.41. The van der Waals surface area contributed by atoms with Gasteiger partial charge in [0, 0.05) is 18.1 Å². The normalized spacial score (nSPS) is 10.4. The zero-order valence-electron chi connectivity index (χ0n) is 8.89. The summed E-state index contributed by atoms with van der Waals surface area (Å²) in [7, 11) is 0. The van der Waals surface area contributed by atoms with Crippen LogP contribution in [0.1, 0.15) is 19.0 Å². The fourth-order valence-corrected chi connectivity index (χ4v) is 1.57. The molecule has 2 rings (SSSR count). The van der Waals surface area contributed by atoms with Crippen LogP contribution in [0.5, 0.6) is 0 Å². The van der Waals surface area contributed by atoms with Gasteiger partial charge in [-0.15, -0.1) is 0 Å². The molecule has 0 saturated carbocycles. The van der Waals surface area contributed by atoms with Crippen LogP contribution in [0.4, 0.5) is 0 Å². The van der Waals surface area contributed by atoms with Crippen molar-refractivity contribution in [3.8, 4) is 11.6 Å². The molecule has 82 valence electrons. The summed E-state index contributed by atoms with van der Waals surface area (Å²) in [5.41, 5.74) is 0.921.